The maximum atomic E-state index is 11.1. The minimum absolute atomic E-state index is 0.139. The van der Waals surface area contributed by atoms with Gasteiger partial charge in [0.15, 0.2) is 0 Å². The molecule has 2 aromatic carbocycles. The summed E-state index contributed by atoms with van der Waals surface area (Å²) in [6.07, 6.45) is 1.31. The SMILES string of the molecule is COc1ccc(N=Cc2cc(S(=O)(=O)O)ccc2O)cc1. The van der Waals surface area contributed by atoms with Gasteiger partial charge in [-0.1, -0.05) is 0 Å². The van der Waals surface area contributed by atoms with Gasteiger partial charge in [-0.3, -0.25) is 9.55 Å². The average molecular weight is 307 g/mol. The van der Waals surface area contributed by atoms with Crippen LogP contribution in [0.15, 0.2) is 52.4 Å². The van der Waals surface area contributed by atoms with E-state index in [-0.39, 0.29) is 16.2 Å². The molecule has 0 unspecified atom stereocenters. The molecule has 0 aliphatic carbocycles. The Kier molecular flexibility index (Phi) is 4.25. The number of hydrogen-bond donors (Lipinski definition) is 2. The van der Waals surface area contributed by atoms with Gasteiger partial charge in [0.25, 0.3) is 10.1 Å². The smallest absolute Gasteiger partial charge is 0.294 e. The molecule has 0 amide bonds. The van der Waals surface area contributed by atoms with Crippen LogP contribution in [0.3, 0.4) is 0 Å². The first-order valence-corrected chi connectivity index (χ1v) is 7.33. The fourth-order valence-electron chi connectivity index (χ4n) is 1.61. The molecule has 0 bridgehead atoms. The first kappa shape index (κ1) is 15.0. The number of aliphatic imine (C=N–C) groups is 1. The maximum absolute atomic E-state index is 11.1. The van der Waals surface area contributed by atoms with Crippen LogP contribution in [0, 0.1) is 0 Å². The van der Waals surface area contributed by atoms with E-state index in [1.54, 1.807) is 31.4 Å². The zero-order valence-corrected chi connectivity index (χ0v) is 11.9. The molecule has 2 aromatic rings. The van der Waals surface area contributed by atoms with Crippen LogP contribution in [0.25, 0.3) is 0 Å². The Bertz CT molecular complexity index is 766. The molecule has 0 atom stereocenters. The van der Waals surface area contributed by atoms with Gasteiger partial charge in [0.1, 0.15) is 11.5 Å². The monoisotopic (exact) mass is 307 g/mol. The Morgan fingerprint density at radius 2 is 1.81 bits per heavy atom. The lowest BCUT2D eigenvalue weighted by molar-refractivity contribution is 0.415. The molecule has 0 saturated carbocycles. The minimum atomic E-state index is -4.32. The van der Waals surface area contributed by atoms with Crippen LogP contribution in [0.1, 0.15) is 5.56 Å². The molecule has 0 aliphatic rings. The van der Waals surface area contributed by atoms with E-state index in [9.17, 15) is 13.5 Å². The van der Waals surface area contributed by atoms with Crippen LogP contribution < -0.4 is 4.74 Å². The lowest BCUT2D eigenvalue weighted by atomic mass is 10.2. The molecule has 0 fully saturated rings. The summed E-state index contributed by atoms with van der Waals surface area (Å²) >= 11 is 0. The van der Waals surface area contributed by atoms with Crippen LogP contribution in [-0.4, -0.2) is 31.4 Å². The molecule has 110 valence electrons. The van der Waals surface area contributed by atoms with Crippen molar-refractivity contribution in [3.05, 3.63) is 48.0 Å². The molecular weight excluding hydrogens is 294 g/mol. The number of rotatable bonds is 4. The van der Waals surface area contributed by atoms with Crippen molar-refractivity contribution in [3.63, 3.8) is 0 Å². The Morgan fingerprint density at radius 1 is 1.14 bits per heavy atom. The number of aromatic hydroxyl groups is 1. The molecule has 7 heteroatoms. The third kappa shape index (κ3) is 3.80. The minimum Gasteiger partial charge on any atom is -0.507 e. The van der Waals surface area contributed by atoms with E-state index >= 15 is 0 Å². The van der Waals surface area contributed by atoms with Crippen molar-refractivity contribution in [3.8, 4) is 11.5 Å². The Morgan fingerprint density at radius 3 is 2.38 bits per heavy atom. The van der Waals surface area contributed by atoms with Gasteiger partial charge in [-0.15, -0.1) is 0 Å². The quantitative estimate of drug-likeness (QED) is 0.668. The summed E-state index contributed by atoms with van der Waals surface area (Å²) in [6.45, 7) is 0. The lowest BCUT2D eigenvalue weighted by Crippen LogP contribution is -1.98. The maximum Gasteiger partial charge on any atom is 0.294 e. The van der Waals surface area contributed by atoms with Gasteiger partial charge < -0.3 is 9.84 Å². The van der Waals surface area contributed by atoms with Crippen molar-refractivity contribution in [2.45, 2.75) is 4.90 Å². The van der Waals surface area contributed by atoms with E-state index in [1.807, 2.05) is 0 Å². The van der Waals surface area contributed by atoms with Gasteiger partial charge in [0, 0.05) is 11.8 Å². The zero-order chi connectivity index (χ0) is 15.5. The van der Waals surface area contributed by atoms with Gasteiger partial charge in [-0.2, -0.15) is 8.42 Å². The van der Waals surface area contributed by atoms with Gasteiger partial charge in [0.05, 0.1) is 17.7 Å². The second kappa shape index (κ2) is 5.94. The van der Waals surface area contributed by atoms with E-state index < -0.39 is 10.1 Å². The van der Waals surface area contributed by atoms with Crippen LogP contribution in [0.5, 0.6) is 11.5 Å². The number of nitrogens with zero attached hydrogens (tertiary/aromatic N) is 1. The summed E-state index contributed by atoms with van der Waals surface area (Å²) in [5.41, 5.74) is 0.786. The molecule has 0 heterocycles. The zero-order valence-electron chi connectivity index (χ0n) is 11.1. The van der Waals surface area contributed by atoms with Gasteiger partial charge in [0.2, 0.25) is 0 Å². The van der Waals surface area contributed by atoms with E-state index in [4.69, 9.17) is 9.29 Å². The molecule has 21 heavy (non-hydrogen) atoms. The highest BCUT2D eigenvalue weighted by Gasteiger charge is 2.11. The largest absolute Gasteiger partial charge is 0.507 e. The summed E-state index contributed by atoms with van der Waals surface area (Å²) in [5.74, 6) is 0.546. The third-order valence-corrected chi connectivity index (χ3v) is 3.57. The predicted octanol–water partition coefficient (Wildman–Crippen LogP) is 2.40. The summed E-state index contributed by atoms with van der Waals surface area (Å²) in [7, 11) is -2.77. The van der Waals surface area contributed by atoms with Crippen molar-refractivity contribution in [2.75, 3.05) is 7.11 Å². The Labute approximate surface area is 122 Å². The van der Waals surface area contributed by atoms with E-state index in [2.05, 4.69) is 4.99 Å². The molecule has 2 N–H and O–H groups in total. The Hall–Kier alpha value is -2.38. The standard InChI is InChI=1S/C14H13NO5S/c1-20-12-4-2-11(3-5-12)15-9-10-8-13(21(17,18)19)6-7-14(10)16/h2-9,16H,1H3,(H,17,18,19). The average Bonchev–Trinajstić information content (AvgIpc) is 2.45. The molecule has 0 radical (unpaired) electrons. The second-order valence-corrected chi connectivity index (χ2v) is 5.57. The van der Waals surface area contributed by atoms with Crippen molar-refractivity contribution < 1.29 is 22.8 Å². The fraction of sp³-hybridized carbons (Fsp3) is 0.0714. The molecule has 0 aromatic heterocycles. The van der Waals surface area contributed by atoms with Crippen LogP contribution >= 0.6 is 0 Å². The van der Waals surface area contributed by atoms with Crippen molar-refractivity contribution in [1.82, 2.24) is 0 Å². The lowest BCUT2D eigenvalue weighted by Gasteiger charge is -2.02. The molecule has 2 rings (SSSR count). The highest BCUT2D eigenvalue weighted by molar-refractivity contribution is 7.85. The normalized spacial score (nSPS) is 11.7. The summed E-state index contributed by atoms with van der Waals surface area (Å²) < 4.78 is 36.1. The topological polar surface area (TPSA) is 96.2 Å². The Balaban J connectivity index is 2.31. The first-order chi connectivity index (χ1) is 9.90. The van der Waals surface area contributed by atoms with E-state index in [0.29, 0.717) is 11.4 Å². The van der Waals surface area contributed by atoms with Crippen LogP contribution in [0.4, 0.5) is 5.69 Å². The number of benzene rings is 2. The molecule has 0 aliphatic heterocycles. The summed E-state index contributed by atoms with van der Waals surface area (Å²) in [6, 6.07) is 10.3. The summed E-state index contributed by atoms with van der Waals surface area (Å²) in [4.78, 5) is 3.81. The fourth-order valence-corrected chi connectivity index (χ4v) is 2.12. The number of ether oxygens (including phenoxy) is 1. The number of hydrogen-bond acceptors (Lipinski definition) is 5. The number of phenols is 1. The van der Waals surface area contributed by atoms with Crippen molar-refractivity contribution >= 4 is 22.0 Å². The first-order valence-electron chi connectivity index (χ1n) is 5.89. The van der Waals surface area contributed by atoms with Crippen LogP contribution in [0.2, 0.25) is 0 Å². The highest BCUT2D eigenvalue weighted by atomic mass is 32.2. The second-order valence-electron chi connectivity index (χ2n) is 4.15. The van der Waals surface area contributed by atoms with E-state index in [0.717, 1.165) is 12.1 Å². The van der Waals surface area contributed by atoms with Crippen molar-refractivity contribution in [1.29, 1.82) is 0 Å². The molecule has 0 spiro atoms. The highest BCUT2D eigenvalue weighted by Crippen LogP contribution is 2.22. The van der Waals surface area contributed by atoms with Gasteiger partial charge >= 0.3 is 0 Å². The molecular formula is C14H13NO5S. The van der Waals surface area contributed by atoms with Gasteiger partial charge in [-0.25, -0.2) is 0 Å². The van der Waals surface area contributed by atoms with Crippen LogP contribution in [-0.2, 0) is 10.1 Å². The predicted molar refractivity (Wildman–Crippen MR) is 78.2 cm³/mol. The van der Waals surface area contributed by atoms with Crippen molar-refractivity contribution in [2.24, 2.45) is 4.99 Å². The van der Waals surface area contributed by atoms with Gasteiger partial charge in [-0.05, 0) is 42.5 Å². The summed E-state index contributed by atoms with van der Waals surface area (Å²) in [5, 5.41) is 9.67. The number of phenolic OH excluding ortho intramolecular Hbond substituents is 1. The number of methoxy groups -OCH3 is 1. The molecule has 6 nitrogen and oxygen atoms in total. The van der Waals surface area contributed by atoms with E-state index in [1.165, 1.54) is 12.3 Å². The molecule has 0 saturated heterocycles. The third-order valence-electron chi connectivity index (χ3n) is 2.72.